The highest BCUT2D eigenvalue weighted by atomic mass is 16.5. The maximum absolute atomic E-state index is 10.0. The molecule has 1 saturated carbocycles. The van der Waals surface area contributed by atoms with Gasteiger partial charge in [-0.3, -0.25) is 0 Å². The van der Waals surface area contributed by atoms with E-state index >= 15 is 0 Å². The van der Waals surface area contributed by atoms with Gasteiger partial charge in [-0.05, 0) is 33.7 Å². The molecule has 102 valence electrons. The molecule has 0 aliphatic heterocycles. The van der Waals surface area contributed by atoms with E-state index in [1.165, 1.54) is 4.68 Å². The van der Waals surface area contributed by atoms with Crippen LogP contribution in [0, 0.1) is 0 Å². The maximum Gasteiger partial charge on any atom is 0.182 e. The number of nitrogens with zero attached hydrogens (tertiary/aromatic N) is 8. The SMILES string of the molecule is Cn1nnnc1COCC(O)c1nnnn1C1CC1. The lowest BCUT2D eigenvalue weighted by Gasteiger charge is -2.10. The van der Waals surface area contributed by atoms with Crippen LogP contribution in [0.1, 0.15) is 36.6 Å². The Labute approximate surface area is 108 Å². The molecule has 19 heavy (non-hydrogen) atoms. The fraction of sp³-hybridized carbons (Fsp3) is 0.778. The van der Waals surface area contributed by atoms with Gasteiger partial charge in [0, 0.05) is 7.05 Å². The molecule has 0 bridgehead atoms. The summed E-state index contributed by atoms with van der Waals surface area (Å²) in [5.74, 6) is 1.03. The predicted molar refractivity (Wildman–Crippen MR) is 59.5 cm³/mol. The van der Waals surface area contributed by atoms with Gasteiger partial charge in [0.1, 0.15) is 12.7 Å². The number of ether oxygens (including phenoxy) is 1. The third-order valence-corrected chi connectivity index (χ3v) is 2.92. The van der Waals surface area contributed by atoms with E-state index in [-0.39, 0.29) is 13.2 Å². The lowest BCUT2D eigenvalue weighted by Crippen LogP contribution is -2.15. The summed E-state index contributed by atoms with van der Waals surface area (Å²) in [6.07, 6.45) is 1.25. The second-order valence-electron chi connectivity index (χ2n) is 4.46. The molecule has 2 aromatic rings. The Morgan fingerprint density at radius 1 is 1.32 bits per heavy atom. The largest absolute Gasteiger partial charge is 0.383 e. The highest BCUT2D eigenvalue weighted by molar-refractivity contribution is 4.94. The highest BCUT2D eigenvalue weighted by Crippen LogP contribution is 2.35. The number of aliphatic hydroxyl groups excluding tert-OH is 1. The van der Waals surface area contributed by atoms with Crippen LogP contribution in [-0.4, -0.2) is 52.1 Å². The van der Waals surface area contributed by atoms with E-state index in [0.29, 0.717) is 17.7 Å². The van der Waals surface area contributed by atoms with Crippen molar-refractivity contribution in [2.75, 3.05) is 6.61 Å². The number of rotatable bonds is 6. The fourth-order valence-corrected chi connectivity index (χ4v) is 1.71. The Kier molecular flexibility index (Phi) is 3.17. The van der Waals surface area contributed by atoms with Gasteiger partial charge in [-0.15, -0.1) is 10.2 Å². The van der Waals surface area contributed by atoms with E-state index in [2.05, 4.69) is 31.1 Å². The number of aromatic nitrogens is 8. The van der Waals surface area contributed by atoms with E-state index in [4.69, 9.17) is 4.74 Å². The zero-order chi connectivity index (χ0) is 13.2. The molecule has 2 aromatic heterocycles. The molecule has 10 heteroatoms. The summed E-state index contributed by atoms with van der Waals surface area (Å²) >= 11 is 0. The molecule has 1 unspecified atom stereocenters. The van der Waals surface area contributed by atoms with Crippen molar-refractivity contribution in [3.8, 4) is 0 Å². The number of aliphatic hydroxyl groups is 1. The highest BCUT2D eigenvalue weighted by Gasteiger charge is 2.30. The summed E-state index contributed by atoms with van der Waals surface area (Å²) in [5, 5.41) is 32.3. The lowest BCUT2D eigenvalue weighted by molar-refractivity contribution is 0.0177. The molecule has 2 heterocycles. The summed E-state index contributed by atoms with van der Waals surface area (Å²) in [6.45, 7) is 0.325. The minimum Gasteiger partial charge on any atom is -0.383 e. The van der Waals surface area contributed by atoms with Crippen LogP contribution in [0.15, 0.2) is 0 Å². The van der Waals surface area contributed by atoms with Crippen LogP contribution >= 0.6 is 0 Å². The minimum atomic E-state index is -0.850. The predicted octanol–water partition coefficient (Wildman–Crippen LogP) is -1.22. The number of hydrogen-bond donors (Lipinski definition) is 1. The number of hydrogen-bond acceptors (Lipinski definition) is 8. The molecule has 0 aromatic carbocycles. The summed E-state index contributed by atoms with van der Waals surface area (Å²) in [6, 6.07) is 0.322. The van der Waals surface area contributed by atoms with E-state index in [1.54, 1.807) is 11.7 Å². The third-order valence-electron chi connectivity index (χ3n) is 2.92. The zero-order valence-electron chi connectivity index (χ0n) is 10.4. The van der Waals surface area contributed by atoms with E-state index < -0.39 is 6.10 Å². The van der Waals surface area contributed by atoms with Crippen molar-refractivity contribution in [1.29, 1.82) is 0 Å². The molecule has 1 aliphatic carbocycles. The number of aryl methyl sites for hydroxylation is 1. The Hall–Kier alpha value is -1.94. The van der Waals surface area contributed by atoms with Crippen molar-refractivity contribution in [1.82, 2.24) is 40.4 Å². The van der Waals surface area contributed by atoms with Crippen molar-refractivity contribution < 1.29 is 9.84 Å². The van der Waals surface area contributed by atoms with Crippen molar-refractivity contribution in [2.24, 2.45) is 7.05 Å². The molecular formula is C9H14N8O2. The standard InChI is InChI=1S/C9H14N8O2/c1-16-8(10-12-14-16)5-19-4-7(18)9-11-13-15-17(9)6-2-3-6/h6-7,18H,2-5H2,1H3. The summed E-state index contributed by atoms with van der Waals surface area (Å²) in [7, 11) is 1.72. The van der Waals surface area contributed by atoms with Crippen LogP contribution in [0.4, 0.5) is 0 Å². The second-order valence-corrected chi connectivity index (χ2v) is 4.46. The molecule has 0 amide bonds. The first-order chi connectivity index (χ1) is 9.25. The molecule has 3 rings (SSSR count). The van der Waals surface area contributed by atoms with Crippen LogP contribution in [0.5, 0.6) is 0 Å². The van der Waals surface area contributed by atoms with Crippen LogP contribution in [-0.2, 0) is 18.4 Å². The summed E-state index contributed by atoms with van der Waals surface area (Å²) in [4.78, 5) is 0. The number of tetrazole rings is 2. The molecule has 10 nitrogen and oxygen atoms in total. The molecule has 1 N–H and O–H groups in total. The van der Waals surface area contributed by atoms with Crippen LogP contribution in [0.3, 0.4) is 0 Å². The zero-order valence-corrected chi connectivity index (χ0v) is 10.4. The summed E-state index contributed by atoms with van der Waals surface area (Å²) < 4.78 is 8.56. The molecule has 1 fully saturated rings. The average Bonchev–Trinajstić information content (AvgIpc) is 2.98. The van der Waals surface area contributed by atoms with Gasteiger partial charge in [-0.2, -0.15) is 0 Å². The van der Waals surface area contributed by atoms with Gasteiger partial charge in [0.15, 0.2) is 11.6 Å². The maximum atomic E-state index is 10.0. The Balaban J connectivity index is 1.55. The Morgan fingerprint density at radius 3 is 2.79 bits per heavy atom. The lowest BCUT2D eigenvalue weighted by atomic mass is 10.3. The van der Waals surface area contributed by atoms with E-state index in [0.717, 1.165) is 12.8 Å². The topological polar surface area (TPSA) is 117 Å². The van der Waals surface area contributed by atoms with Gasteiger partial charge in [-0.25, -0.2) is 9.36 Å². The van der Waals surface area contributed by atoms with Crippen LogP contribution in [0.2, 0.25) is 0 Å². The van der Waals surface area contributed by atoms with Gasteiger partial charge >= 0.3 is 0 Å². The average molecular weight is 266 g/mol. The summed E-state index contributed by atoms with van der Waals surface area (Å²) in [5.41, 5.74) is 0. The first-order valence-corrected chi connectivity index (χ1v) is 6.00. The van der Waals surface area contributed by atoms with Gasteiger partial charge in [-0.1, -0.05) is 0 Å². The molecular weight excluding hydrogens is 252 g/mol. The van der Waals surface area contributed by atoms with Gasteiger partial charge in [0.25, 0.3) is 0 Å². The monoisotopic (exact) mass is 266 g/mol. The Bertz CT molecular complexity index is 548. The van der Waals surface area contributed by atoms with Gasteiger partial charge in [0.2, 0.25) is 0 Å². The smallest absolute Gasteiger partial charge is 0.182 e. The molecule has 1 aliphatic rings. The third kappa shape index (κ3) is 2.58. The fourth-order valence-electron chi connectivity index (χ4n) is 1.71. The van der Waals surface area contributed by atoms with E-state index in [1.807, 2.05) is 0 Å². The molecule has 0 radical (unpaired) electrons. The van der Waals surface area contributed by atoms with Crippen molar-refractivity contribution in [3.63, 3.8) is 0 Å². The van der Waals surface area contributed by atoms with Crippen molar-refractivity contribution >= 4 is 0 Å². The van der Waals surface area contributed by atoms with E-state index in [9.17, 15) is 5.11 Å². The normalized spacial score (nSPS) is 16.7. The van der Waals surface area contributed by atoms with Crippen molar-refractivity contribution in [2.45, 2.75) is 31.6 Å². The molecule has 1 atom stereocenters. The van der Waals surface area contributed by atoms with Crippen LogP contribution in [0.25, 0.3) is 0 Å². The first-order valence-electron chi connectivity index (χ1n) is 6.00. The van der Waals surface area contributed by atoms with Crippen LogP contribution < -0.4 is 0 Å². The molecule has 0 spiro atoms. The van der Waals surface area contributed by atoms with Crippen molar-refractivity contribution in [3.05, 3.63) is 11.6 Å². The molecule has 0 saturated heterocycles. The first kappa shape index (κ1) is 12.1. The minimum absolute atomic E-state index is 0.0972. The quantitative estimate of drug-likeness (QED) is 0.691. The van der Waals surface area contributed by atoms with Gasteiger partial charge < -0.3 is 9.84 Å². The Morgan fingerprint density at radius 2 is 2.11 bits per heavy atom. The van der Waals surface area contributed by atoms with Gasteiger partial charge in [0.05, 0.1) is 12.6 Å². The second kappa shape index (κ2) is 4.97.